The maximum atomic E-state index is 11.1. The van der Waals surface area contributed by atoms with Crippen LogP contribution < -0.4 is 15.0 Å². The van der Waals surface area contributed by atoms with Crippen molar-refractivity contribution in [1.29, 1.82) is 0 Å². The van der Waals surface area contributed by atoms with Crippen LogP contribution in [0.25, 0.3) is 0 Å². The minimum atomic E-state index is -0.384. The summed E-state index contributed by atoms with van der Waals surface area (Å²) in [5, 5.41) is 9.22. The number of fused-ring (bicyclic) bond motifs is 4. The van der Waals surface area contributed by atoms with Crippen LogP contribution in [-0.4, -0.2) is 55.1 Å². The first-order chi connectivity index (χ1) is 16.6. The molecular weight excluding hydrogens is 460 g/mol. The highest BCUT2D eigenvalue weighted by molar-refractivity contribution is 6.31. The number of hydroxylamine groups is 1. The minimum absolute atomic E-state index is 0.278. The summed E-state index contributed by atoms with van der Waals surface area (Å²) in [4.78, 5) is 22.6. The first-order valence-electron chi connectivity index (χ1n) is 11.1. The molecule has 0 saturated carbocycles. The van der Waals surface area contributed by atoms with Gasteiger partial charge in [-0.1, -0.05) is 17.7 Å². The summed E-state index contributed by atoms with van der Waals surface area (Å²) in [6.07, 6.45) is 4.27. The highest BCUT2D eigenvalue weighted by Crippen LogP contribution is 2.40. The summed E-state index contributed by atoms with van der Waals surface area (Å²) >= 11 is 6.19. The zero-order chi connectivity index (χ0) is 23.9. The fourth-order valence-corrected chi connectivity index (χ4v) is 3.92. The van der Waals surface area contributed by atoms with Crippen molar-refractivity contribution >= 4 is 41.1 Å². The standard InChI is InChI=1S/C24H27ClN4O5/c1-32-9-10-34-22-13-20-18(12-21(22)33-8-4-2-3-5-23(30)28-31)24-27-19-11-17(25)7-6-16(19)14-29(24)15-26-20/h6-7,11-13,15,31H,2-5,8-10,14H2,1H3,(H,28,30). The van der Waals surface area contributed by atoms with E-state index in [-0.39, 0.29) is 12.3 Å². The number of nitrogens with one attached hydrogen (secondary N) is 1. The fourth-order valence-electron chi connectivity index (χ4n) is 3.75. The van der Waals surface area contributed by atoms with E-state index in [1.54, 1.807) is 18.9 Å². The number of hydrogen-bond donors (Lipinski definition) is 2. The van der Waals surface area contributed by atoms with Crippen molar-refractivity contribution in [3.05, 3.63) is 46.5 Å². The summed E-state index contributed by atoms with van der Waals surface area (Å²) in [5.41, 5.74) is 5.16. The van der Waals surface area contributed by atoms with E-state index in [1.165, 1.54) is 0 Å². The molecule has 9 nitrogen and oxygen atoms in total. The van der Waals surface area contributed by atoms with Gasteiger partial charge in [0.2, 0.25) is 5.91 Å². The van der Waals surface area contributed by atoms with Gasteiger partial charge in [0.25, 0.3) is 0 Å². The summed E-state index contributed by atoms with van der Waals surface area (Å²) in [7, 11) is 1.62. The highest BCUT2D eigenvalue weighted by Gasteiger charge is 2.27. The second-order valence-electron chi connectivity index (χ2n) is 7.93. The topological polar surface area (TPSA) is 105 Å². The zero-order valence-corrected chi connectivity index (χ0v) is 19.7. The van der Waals surface area contributed by atoms with E-state index in [1.807, 2.05) is 35.2 Å². The number of methoxy groups -OCH3 is 1. The summed E-state index contributed by atoms with van der Waals surface area (Å²) in [6.45, 7) is 1.94. The average molecular weight is 487 g/mol. The summed E-state index contributed by atoms with van der Waals surface area (Å²) in [6, 6.07) is 9.47. The van der Waals surface area contributed by atoms with Crippen LogP contribution in [0.1, 0.15) is 36.8 Å². The van der Waals surface area contributed by atoms with Crippen LogP contribution in [0.5, 0.6) is 11.5 Å². The number of amidine groups is 1. The number of nitrogens with zero attached hydrogens (tertiary/aromatic N) is 3. The lowest BCUT2D eigenvalue weighted by atomic mass is 10.0. The zero-order valence-electron chi connectivity index (χ0n) is 18.9. The molecule has 0 fully saturated rings. The van der Waals surface area contributed by atoms with Crippen LogP contribution in [0.3, 0.4) is 0 Å². The van der Waals surface area contributed by atoms with E-state index in [2.05, 4.69) is 4.99 Å². The third kappa shape index (κ3) is 5.67. The Bertz CT molecular complexity index is 1110. The molecule has 0 aliphatic carbocycles. The Morgan fingerprint density at radius 3 is 2.74 bits per heavy atom. The minimum Gasteiger partial charge on any atom is -0.490 e. The molecule has 0 atom stereocenters. The van der Waals surface area contributed by atoms with E-state index in [9.17, 15) is 4.79 Å². The van der Waals surface area contributed by atoms with Gasteiger partial charge in [-0.2, -0.15) is 0 Å². The lowest BCUT2D eigenvalue weighted by Crippen LogP contribution is -2.34. The number of unbranched alkanes of at least 4 members (excludes halogenated alkanes) is 2. The lowest BCUT2D eigenvalue weighted by molar-refractivity contribution is -0.129. The van der Waals surface area contributed by atoms with Gasteiger partial charge in [0.15, 0.2) is 11.5 Å². The van der Waals surface area contributed by atoms with Gasteiger partial charge >= 0.3 is 0 Å². The Morgan fingerprint density at radius 2 is 1.91 bits per heavy atom. The molecule has 2 aromatic carbocycles. The predicted molar refractivity (Wildman–Crippen MR) is 129 cm³/mol. The molecule has 2 aromatic rings. The number of rotatable bonds is 11. The Labute approximate surface area is 203 Å². The van der Waals surface area contributed by atoms with E-state index in [0.29, 0.717) is 49.3 Å². The summed E-state index contributed by atoms with van der Waals surface area (Å²) in [5.74, 6) is 1.58. The molecule has 34 heavy (non-hydrogen) atoms. The van der Waals surface area contributed by atoms with Crippen molar-refractivity contribution in [2.75, 3.05) is 26.9 Å². The molecular formula is C24H27ClN4O5. The van der Waals surface area contributed by atoms with Gasteiger partial charge < -0.3 is 19.1 Å². The molecule has 4 rings (SSSR count). The molecule has 0 bridgehead atoms. The highest BCUT2D eigenvalue weighted by atomic mass is 35.5. The Morgan fingerprint density at radius 1 is 1.09 bits per heavy atom. The first-order valence-corrected chi connectivity index (χ1v) is 11.5. The largest absolute Gasteiger partial charge is 0.490 e. The third-order valence-electron chi connectivity index (χ3n) is 5.50. The Kier molecular flexibility index (Phi) is 7.99. The van der Waals surface area contributed by atoms with Crippen LogP contribution in [0.15, 0.2) is 40.3 Å². The second-order valence-corrected chi connectivity index (χ2v) is 8.37. The van der Waals surface area contributed by atoms with Gasteiger partial charge in [0, 0.05) is 30.2 Å². The molecule has 1 amide bonds. The molecule has 10 heteroatoms. The van der Waals surface area contributed by atoms with E-state index in [0.717, 1.165) is 41.2 Å². The number of carbonyl (C=O) groups excluding carboxylic acids is 1. The third-order valence-corrected chi connectivity index (χ3v) is 5.74. The monoisotopic (exact) mass is 486 g/mol. The number of hydrogen-bond acceptors (Lipinski definition) is 8. The molecule has 0 aromatic heterocycles. The van der Waals surface area contributed by atoms with E-state index in [4.69, 9.17) is 36.0 Å². The van der Waals surface area contributed by atoms with Crippen molar-refractivity contribution in [3.63, 3.8) is 0 Å². The Balaban J connectivity index is 1.54. The molecule has 0 saturated heterocycles. The van der Waals surface area contributed by atoms with Crippen LogP contribution in [0, 0.1) is 0 Å². The van der Waals surface area contributed by atoms with Gasteiger partial charge in [0.1, 0.15) is 12.4 Å². The summed E-state index contributed by atoms with van der Waals surface area (Å²) < 4.78 is 17.1. The van der Waals surface area contributed by atoms with Crippen molar-refractivity contribution in [2.24, 2.45) is 9.98 Å². The second kappa shape index (κ2) is 11.3. The number of halogens is 1. The number of amides is 1. The van der Waals surface area contributed by atoms with E-state index < -0.39 is 0 Å². The quantitative estimate of drug-likeness (QED) is 0.277. The average Bonchev–Trinajstić information content (AvgIpc) is 2.84. The van der Waals surface area contributed by atoms with Gasteiger partial charge in [0.05, 0.1) is 37.5 Å². The van der Waals surface area contributed by atoms with Crippen molar-refractivity contribution < 1.29 is 24.2 Å². The van der Waals surface area contributed by atoms with Gasteiger partial charge in [-0.25, -0.2) is 15.5 Å². The number of carbonyl (C=O) groups is 1. The molecule has 0 radical (unpaired) electrons. The van der Waals surface area contributed by atoms with Gasteiger partial charge in [-0.05, 0) is 43.0 Å². The molecule has 0 unspecified atom stereocenters. The van der Waals surface area contributed by atoms with Crippen LogP contribution in [0.4, 0.5) is 11.4 Å². The maximum absolute atomic E-state index is 11.1. The number of ether oxygens (including phenoxy) is 3. The van der Waals surface area contributed by atoms with Gasteiger partial charge in [-0.15, -0.1) is 0 Å². The number of benzene rings is 2. The van der Waals surface area contributed by atoms with E-state index >= 15 is 0 Å². The lowest BCUT2D eigenvalue weighted by Gasteiger charge is -2.30. The Hall–Kier alpha value is -3.14. The van der Waals surface area contributed by atoms with Crippen molar-refractivity contribution in [3.8, 4) is 11.5 Å². The number of aliphatic imine (C=N–C) groups is 2. The van der Waals surface area contributed by atoms with Crippen LogP contribution in [-0.2, 0) is 16.1 Å². The van der Waals surface area contributed by atoms with Crippen molar-refractivity contribution in [2.45, 2.75) is 32.2 Å². The SMILES string of the molecule is COCCOc1cc2c(cc1OCCCCCC(=O)NO)C1=Nc3cc(Cl)ccc3CN1C=N2. The maximum Gasteiger partial charge on any atom is 0.243 e. The predicted octanol–water partition coefficient (Wildman–Crippen LogP) is 4.38. The smallest absolute Gasteiger partial charge is 0.243 e. The molecule has 0 spiro atoms. The normalized spacial score (nSPS) is 13.5. The molecule has 2 aliphatic rings. The van der Waals surface area contributed by atoms with Crippen LogP contribution >= 0.6 is 11.6 Å². The van der Waals surface area contributed by atoms with Crippen molar-refractivity contribution in [1.82, 2.24) is 10.4 Å². The fraction of sp³-hybridized carbons (Fsp3) is 0.375. The molecule has 2 heterocycles. The molecule has 2 aliphatic heterocycles. The molecule has 180 valence electrons. The first kappa shape index (κ1) is 24.0. The van der Waals surface area contributed by atoms with Gasteiger partial charge in [-0.3, -0.25) is 10.0 Å². The molecule has 2 N–H and O–H groups in total. The van der Waals surface area contributed by atoms with Crippen LogP contribution in [0.2, 0.25) is 5.02 Å².